The molecule has 4 heteroatoms. The minimum absolute atomic E-state index is 0.0134. The number of ether oxygens (including phenoxy) is 1. The molecule has 0 aliphatic carbocycles. The monoisotopic (exact) mass is 366 g/mol. The molecular weight excluding hydrogens is 336 g/mol. The first-order valence-corrected chi connectivity index (χ1v) is 9.95. The lowest BCUT2D eigenvalue weighted by atomic mass is 10.1. The van der Waals surface area contributed by atoms with E-state index in [0.717, 1.165) is 17.9 Å². The third kappa shape index (κ3) is 6.72. The molecule has 0 spiro atoms. The number of carbonyl (C=O) groups is 1. The van der Waals surface area contributed by atoms with Crippen LogP contribution < -0.4 is 10.1 Å². The van der Waals surface area contributed by atoms with Crippen LogP contribution in [0.25, 0.3) is 0 Å². The molecule has 2 aromatic rings. The molecule has 1 N–H and O–H groups in total. The Bertz CT molecular complexity index is 704. The molecule has 1 aliphatic heterocycles. The quantitative estimate of drug-likeness (QED) is 0.766. The zero-order valence-electron chi connectivity index (χ0n) is 16.2. The topological polar surface area (TPSA) is 41.6 Å². The van der Waals surface area contributed by atoms with Crippen molar-refractivity contribution in [1.29, 1.82) is 0 Å². The van der Waals surface area contributed by atoms with Crippen molar-refractivity contribution in [1.82, 2.24) is 10.2 Å². The summed E-state index contributed by atoms with van der Waals surface area (Å²) in [5, 5.41) is 2.97. The van der Waals surface area contributed by atoms with Crippen molar-refractivity contribution in [3.8, 4) is 5.75 Å². The lowest BCUT2D eigenvalue weighted by molar-refractivity contribution is -0.121. The Hall–Kier alpha value is -2.33. The molecule has 27 heavy (non-hydrogen) atoms. The first kappa shape index (κ1) is 19.4. The van der Waals surface area contributed by atoms with E-state index in [4.69, 9.17) is 4.74 Å². The molecule has 0 atom stereocenters. The molecular formula is C23H30N2O2. The van der Waals surface area contributed by atoms with Crippen molar-refractivity contribution in [3.63, 3.8) is 0 Å². The predicted octanol–water partition coefficient (Wildman–Crippen LogP) is 4.07. The summed E-state index contributed by atoms with van der Waals surface area (Å²) >= 11 is 0. The Morgan fingerprint density at radius 3 is 2.33 bits per heavy atom. The van der Waals surface area contributed by atoms with Crippen molar-refractivity contribution in [2.24, 2.45) is 0 Å². The summed E-state index contributed by atoms with van der Waals surface area (Å²) in [5.41, 5.74) is 3.67. The number of hydrogen-bond donors (Lipinski definition) is 1. The van der Waals surface area contributed by atoms with E-state index < -0.39 is 0 Å². The lowest BCUT2D eigenvalue weighted by Gasteiger charge is -2.26. The maximum atomic E-state index is 12.0. The minimum Gasteiger partial charge on any atom is -0.493 e. The van der Waals surface area contributed by atoms with Gasteiger partial charge in [-0.1, -0.05) is 48.4 Å². The van der Waals surface area contributed by atoms with Crippen LogP contribution in [-0.4, -0.2) is 30.5 Å². The fourth-order valence-electron chi connectivity index (χ4n) is 3.32. The van der Waals surface area contributed by atoms with Crippen LogP contribution in [-0.2, 0) is 17.9 Å². The summed E-state index contributed by atoms with van der Waals surface area (Å²) in [6, 6.07) is 16.4. The van der Waals surface area contributed by atoms with Gasteiger partial charge >= 0.3 is 0 Å². The van der Waals surface area contributed by atoms with Gasteiger partial charge < -0.3 is 10.1 Å². The highest BCUT2D eigenvalue weighted by atomic mass is 16.5. The van der Waals surface area contributed by atoms with Crippen molar-refractivity contribution in [2.45, 2.75) is 45.7 Å². The van der Waals surface area contributed by atoms with E-state index in [-0.39, 0.29) is 5.91 Å². The van der Waals surface area contributed by atoms with Crippen LogP contribution >= 0.6 is 0 Å². The number of benzene rings is 2. The molecule has 0 saturated carbocycles. The second-order valence-corrected chi connectivity index (χ2v) is 7.34. The number of aryl methyl sites for hydroxylation is 1. The number of carbonyl (C=O) groups excluding carboxylic acids is 1. The smallest absolute Gasteiger partial charge is 0.223 e. The van der Waals surface area contributed by atoms with E-state index in [0.29, 0.717) is 19.6 Å². The van der Waals surface area contributed by atoms with Gasteiger partial charge in [0.1, 0.15) is 5.75 Å². The maximum Gasteiger partial charge on any atom is 0.223 e. The van der Waals surface area contributed by atoms with Gasteiger partial charge in [-0.3, -0.25) is 9.69 Å². The Morgan fingerprint density at radius 2 is 1.63 bits per heavy atom. The van der Waals surface area contributed by atoms with Gasteiger partial charge in [0.25, 0.3) is 0 Å². The first-order valence-electron chi connectivity index (χ1n) is 9.95. The minimum atomic E-state index is 0.0134. The highest BCUT2D eigenvalue weighted by Crippen LogP contribution is 2.14. The van der Waals surface area contributed by atoms with E-state index in [9.17, 15) is 4.79 Å². The highest BCUT2D eigenvalue weighted by molar-refractivity contribution is 5.76. The van der Waals surface area contributed by atoms with Crippen molar-refractivity contribution in [2.75, 3.05) is 19.7 Å². The van der Waals surface area contributed by atoms with Gasteiger partial charge in [0.05, 0.1) is 13.0 Å². The van der Waals surface area contributed by atoms with Crippen LogP contribution in [0.15, 0.2) is 48.5 Å². The molecule has 144 valence electrons. The average molecular weight is 367 g/mol. The van der Waals surface area contributed by atoms with Gasteiger partial charge in [0.2, 0.25) is 5.91 Å². The molecule has 1 heterocycles. The molecule has 0 unspecified atom stereocenters. The van der Waals surface area contributed by atoms with Crippen molar-refractivity contribution >= 4 is 5.91 Å². The molecule has 4 nitrogen and oxygen atoms in total. The number of nitrogens with zero attached hydrogens (tertiary/aromatic N) is 1. The molecule has 1 aliphatic rings. The van der Waals surface area contributed by atoms with Crippen LogP contribution in [0, 0.1) is 6.92 Å². The van der Waals surface area contributed by atoms with E-state index in [1.807, 2.05) is 31.2 Å². The summed E-state index contributed by atoms with van der Waals surface area (Å²) in [5.74, 6) is 0.817. The number of amides is 1. The number of piperidine rings is 1. The van der Waals surface area contributed by atoms with Crippen molar-refractivity contribution in [3.05, 3.63) is 65.2 Å². The summed E-state index contributed by atoms with van der Waals surface area (Å²) in [7, 11) is 0. The zero-order chi connectivity index (χ0) is 18.9. The molecule has 2 aromatic carbocycles. The standard InChI is InChI=1S/C23H30N2O2/c1-19-5-11-22(12-6-19)27-16-13-23(26)24-17-20-7-9-21(10-8-20)18-25-14-3-2-4-15-25/h5-12H,2-4,13-18H2,1H3,(H,24,26). The zero-order valence-corrected chi connectivity index (χ0v) is 16.2. The van der Waals surface area contributed by atoms with Crippen LogP contribution in [0.5, 0.6) is 5.75 Å². The number of likely N-dealkylation sites (tertiary alicyclic amines) is 1. The summed E-state index contributed by atoms with van der Waals surface area (Å²) < 4.78 is 5.61. The van der Waals surface area contributed by atoms with Gasteiger partial charge in [0, 0.05) is 13.1 Å². The van der Waals surface area contributed by atoms with Crippen molar-refractivity contribution < 1.29 is 9.53 Å². The van der Waals surface area contributed by atoms with Gasteiger partial charge in [-0.25, -0.2) is 0 Å². The Balaban J connectivity index is 1.35. The SMILES string of the molecule is Cc1ccc(OCCC(=O)NCc2ccc(CN3CCCCC3)cc2)cc1. The fourth-order valence-corrected chi connectivity index (χ4v) is 3.32. The molecule has 1 saturated heterocycles. The summed E-state index contributed by atoms with van der Waals surface area (Å²) in [6.45, 7) is 6.45. The van der Waals surface area contributed by atoms with Crippen LogP contribution in [0.1, 0.15) is 42.4 Å². The molecule has 0 bridgehead atoms. The summed E-state index contributed by atoms with van der Waals surface area (Å²) in [6.07, 6.45) is 4.36. The highest BCUT2D eigenvalue weighted by Gasteiger charge is 2.10. The third-order valence-corrected chi connectivity index (χ3v) is 4.99. The number of nitrogens with one attached hydrogen (secondary N) is 1. The number of hydrogen-bond acceptors (Lipinski definition) is 3. The first-order chi connectivity index (χ1) is 13.2. The van der Waals surface area contributed by atoms with Gasteiger partial charge in [0.15, 0.2) is 0 Å². The van der Waals surface area contributed by atoms with Crippen LogP contribution in [0.3, 0.4) is 0 Å². The van der Waals surface area contributed by atoms with Crippen LogP contribution in [0.4, 0.5) is 0 Å². The summed E-state index contributed by atoms with van der Waals surface area (Å²) in [4.78, 5) is 14.5. The van der Waals surface area contributed by atoms with E-state index in [1.54, 1.807) is 0 Å². The maximum absolute atomic E-state index is 12.0. The molecule has 3 rings (SSSR count). The third-order valence-electron chi connectivity index (χ3n) is 4.99. The second-order valence-electron chi connectivity index (χ2n) is 7.34. The van der Waals surface area contributed by atoms with Gasteiger partial charge in [-0.2, -0.15) is 0 Å². The van der Waals surface area contributed by atoms with Crippen LogP contribution in [0.2, 0.25) is 0 Å². The Morgan fingerprint density at radius 1 is 0.963 bits per heavy atom. The van der Waals surface area contributed by atoms with E-state index >= 15 is 0 Å². The molecule has 0 aromatic heterocycles. The Kier molecular flexibility index (Phi) is 7.28. The van der Waals surface area contributed by atoms with E-state index in [2.05, 4.69) is 34.5 Å². The fraction of sp³-hybridized carbons (Fsp3) is 0.435. The molecule has 1 fully saturated rings. The average Bonchev–Trinajstić information content (AvgIpc) is 2.70. The lowest BCUT2D eigenvalue weighted by Crippen LogP contribution is -2.29. The number of rotatable bonds is 8. The molecule has 0 radical (unpaired) electrons. The largest absolute Gasteiger partial charge is 0.493 e. The van der Waals surface area contributed by atoms with E-state index in [1.165, 1.54) is 43.5 Å². The second kappa shape index (κ2) is 10.1. The predicted molar refractivity (Wildman–Crippen MR) is 109 cm³/mol. The Labute approximate surface area is 162 Å². The normalized spacial score (nSPS) is 14.7. The van der Waals surface area contributed by atoms with Gasteiger partial charge in [-0.15, -0.1) is 0 Å². The van der Waals surface area contributed by atoms with Gasteiger partial charge in [-0.05, 0) is 56.1 Å². The molecule has 1 amide bonds.